The molecule has 0 saturated heterocycles. The fraction of sp³-hybridized carbons (Fsp3) is 0.250. The zero-order chi connectivity index (χ0) is 17.4. The van der Waals surface area contributed by atoms with Crippen LogP contribution in [0.1, 0.15) is 11.6 Å². The maximum Gasteiger partial charge on any atom is 0.250 e. The lowest BCUT2D eigenvalue weighted by Crippen LogP contribution is -2.16. The average molecular weight is 438 g/mol. The molecule has 0 amide bonds. The molecular weight excluding hydrogens is 431 g/mol. The number of phenolic OH excluding ortho intramolecular Hbond substituents is 1. The number of aromatic hydroxyl groups is 1. The molecule has 0 spiro atoms. The van der Waals surface area contributed by atoms with Crippen molar-refractivity contribution in [1.29, 1.82) is 0 Å². The first-order valence-corrected chi connectivity index (χ1v) is 8.07. The first-order valence-electron chi connectivity index (χ1n) is 5.80. The van der Waals surface area contributed by atoms with Crippen LogP contribution >= 0.6 is 69.6 Å². The van der Waals surface area contributed by atoms with Crippen molar-refractivity contribution in [3.63, 3.8) is 0 Å². The normalized spacial score (nSPS) is 12.3. The van der Waals surface area contributed by atoms with Crippen LogP contribution in [0.4, 0.5) is 0 Å². The Morgan fingerprint density at radius 3 is 1.83 bits per heavy atom. The molecule has 23 heavy (non-hydrogen) atoms. The molecule has 2 aromatic rings. The van der Waals surface area contributed by atoms with Gasteiger partial charge in [0.25, 0.3) is 0 Å². The second kappa shape index (κ2) is 6.82. The van der Waals surface area contributed by atoms with Crippen LogP contribution in [0.15, 0.2) is 18.2 Å². The van der Waals surface area contributed by atoms with Gasteiger partial charge in [-0.2, -0.15) is 0 Å². The van der Waals surface area contributed by atoms with E-state index in [1.165, 1.54) is 19.2 Å². The lowest BCUT2D eigenvalue weighted by Gasteiger charge is -2.15. The van der Waals surface area contributed by atoms with Crippen molar-refractivity contribution < 1.29 is 9.84 Å². The highest BCUT2D eigenvalue weighted by Gasteiger charge is 2.34. The highest BCUT2D eigenvalue weighted by atomic mass is 35.6. The minimum Gasteiger partial charge on any atom is -0.504 e. The Morgan fingerprint density at radius 1 is 0.913 bits per heavy atom. The minimum absolute atomic E-state index is 0.0561. The molecule has 0 radical (unpaired) electrons. The van der Waals surface area contributed by atoms with Gasteiger partial charge in [-0.25, -0.2) is 15.0 Å². The Labute approximate surface area is 161 Å². The number of methoxy groups -OCH3 is 1. The van der Waals surface area contributed by atoms with Gasteiger partial charge in [0.15, 0.2) is 29.0 Å². The number of phenols is 1. The van der Waals surface area contributed by atoms with Crippen LogP contribution in [-0.4, -0.2) is 27.2 Å². The fourth-order valence-electron chi connectivity index (χ4n) is 1.59. The number of alkyl halides is 6. The third kappa shape index (κ3) is 4.56. The molecule has 1 N–H and O–H groups in total. The minimum atomic E-state index is -1.95. The van der Waals surface area contributed by atoms with Gasteiger partial charge in [0.2, 0.25) is 7.59 Å². The number of nitrogens with zero attached hydrogens (tertiary/aromatic N) is 3. The summed E-state index contributed by atoms with van der Waals surface area (Å²) in [7, 11) is 1.42. The Balaban J connectivity index is 2.64. The molecule has 124 valence electrons. The Bertz CT molecular complexity index is 697. The van der Waals surface area contributed by atoms with Gasteiger partial charge in [0, 0.05) is 5.56 Å². The number of hydrogen-bond donors (Lipinski definition) is 1. The molecule has 0 saturated carbocycles. The average Bonchev–Trinajstić information content (AvgIpc) is 2.45. The van der Waals surface area contributed by atoms with Crippen LogP contribution in [-0.2, 0) is 7.59 Å². The molecule has 0 unspecified atom stereocenters. The summed E-state index contributed by atoms with van der Waals surface area (Å²) in [6.45, 7) is 0. The highest BCUT2D eigenvalue weighted by molar-refractivity contribution is 6.67. The first-order chi connectivity index (χ1) is 10.5. The third-order valence-corrected chi connectivity index (χ3v) is 3.59. The van der Waals surface area contributed by atoms with Crippen molar-refractivity contribution in [2.75, 3.05) is 7.11 Å². The van der Waals surface area contributed by atoms with Gasteiger partial charge in [0.1, 0.15) is 0 Å². The Hall–Kier alpha value is -0.430. The summed E-state index contributed by atoms with van der Waals surface area (Å²) < 4.78 is 1.07. The van der Waals surface area contributed by atoms with Gasteiger partial charge < -0.3 is 9.84 Å². The molecule has 1 heterocycles. The van der Waals surface area contributed by atoms with E-state index in [1.807, 2.05) is 0 Å². The van der Waals surface area contributed by atoms with Crippen molar-refractivity contribution in [3.8, 4) is 22.9 Å². The number of ether oxygens (including phenoxy) is 1. The topological polar surface area (TPSA) is 68.1 Å². The summed E-state index contributed by atoms with van der Waals surface area (Å²) >= 11 is 34.8. The SMILES string of the molecule is COc1ccc(-c2nc(C(Cl)(Cl)Cl)nc(C(Cl)(Cl)Cl)n2)cc1O. The van der Waals surface area contributed by atoms with Crippen molar-refractivity contribution in [3.05, 3.63) is 29.8 Å². The van der Waals surface area contributed by atoms with Crippen LogP contribution in [0, 0.1) is 0 Å². The Morgan fingerprint density at radius 2 is 1.43 bits per heavy atom. The molecule has 1 aromatic carbocycles. The second-order valence-electron chi connectivity index (χ2n) is 4.19. The molecule has 2 rings (SSSR count). The van der Waals surface area contributed by atoms with Crippen LogP contribution < -0.4 is 4.74 Å². The van der Waals surface area contributed by atoms with Crippen molar-refractivity contribution >= 4 is 69.6 Å². The molecule has 11 heteroatoms. The predicted molar refractivity (Wildman–Crippen MR) is 92.0 cm³/mol. The molecule has 0 aliphatic carbocycles. The lowest BCUT2D eigenvalue weighted by molar-refractivity contribution is 0.373. The van der Waals surface area contributed by atoms with E-state index in [4.69, 9.17) is 74.3 Å². The van der Waals surface area contributed by atoms with Crippen LogP contribution in [0.3, 0.4) is 0 Å². The van der Waals surface area contributed by atoms with Crippen molar-refractivity contribution in [1.82, 2.24) is 15.0 Å². The first kappa shape index (κ1) is 18.9. The summed E-state index contributed by atoms with van der Waals surface area (Å²) in [6.07, 6.45) is 0. The lowest BCUT2D eigenvalue weighted by atomic mass is 10.2. The summed E-state index contributed by atoms with van der Waals surface area (Å²) in [5.41, 5.74) is 0.386. The van der Waals surface area contributed by atoms with E-state index in [0.717, 1.165) is 0 Å². The van der Waals surface area contributed by atoms with Gasteiger partial charge in [-0.3, -0.25) is 0 Å². The maximum absolute atomic E-state index is 9.86. The predicted octanol–water partition coefficient (Wildman–Crippen LogP) is 4.91. The number of rotatable bonds is 2. The molecule has 0 aliphatic heterocycles. The van der Waals surface area contributed by atoms with Crippen molar-refractivity contribution in [2.24, 2.45) is 0 Å². The summed E-state index contributed by atoms with van der Waals surface area (Å²) in [5.74, 6) is -0.240. The van der Waals surface area contributed by atoms with E-state index in [2.05, 4.69) is 15.0 Å². The van der Waals surface area contributed by atoms with E-state index in [9.17, 15) is 5.11 Å². The molecule has 1 aromatic heterocycles. The molecule has 0 aliphatic rings. The van der Waals surface area contributed by atoms with Crippen LogP contribution in [0.2, 0.25) is 0 Å². The summed E-state index contributed by atoms with van der Waals surface area (Å²) in [5, 5.41) is 9.86. The van der Waals surface area contributed by atoms with E-state index in [1.54, 1.807) is 6.07 Å². The number of hydrogen-bond acceptors (Lipinski definition) is 5. The molecule has 0 bridgehead atoms. The van der Waals surface area contributed by atoms with Gasteiger partial charge in [0.05, 0.1) is 7.11 Å². The third-order valence-electron chi connectivity index (χ3n) is 2.58. The van der Waals surface area contributed by atoms with Crippen molar-refractivity contribution in [2.45, 2.75) is 7.59 Å². The monoisotopic (exact) mass is 435 g/mol. The van der Waals surface area contributed by atoms with Gasteiger partial charge in [-0.05, 0) is 18.2 Å². The van der Waals surface area contributed by atoms with Gasteiger partial charge >= 0.3 is 0 Å². The van der Waals surface area contributed by atoms with Crippen LogP contribution in [0.25, 0.3) is 11.4 Å². The summed E-state index contributed by atoms with van der Waals surface area (Å²) in [4.78, 5) is 11.9. The van der Waals surface area contributed by atoms with E-state index < -0.39 is 7.59 Å². The molecule has 5 nitrogen and oxygen atoms in total. The van der Waals surface area contributed by atoms with Gasteiger partial charge in [-0.15, -0.1) is 0 Å². The fourth-order valence-corrected chi connectivity index (χ4v) is 2.09. The summed E-state index contributed by atoms with van der Waals surface area (Å²) in [6, 6.07) is 4.45. The van der Waals surface area contributed by atoms with Gasteiger partial charge in [-0.1, -0.05) is 69.6 Å². The largest absolute Gasteiger partial charge is 0.504 e. The smallest absolute Gasteiger partial charge is 0.250 e. The molecular formula is C12H7Cl6N3O2. The maximum atomic E-state index is 9.86. The second-order valence-corrected chi connectivity index (χ2v) is 8.75. The van der Waals surface area contributed by atoms with E-state index in [0.29, 0.717) is 5.56 Å². The molecule has 0 fully saturated rings. The quantitative estimate of drug-likeness (QED) is 0.676. The highest BCUT2D eigenvalue weighted by Crippen LogP contribution is 2.41. The number of aromatic nitrogens is 3. The Kier molecular flexibility index (Phi) is 5.61. The zero-order valence-electron chi connectivity index (χ0n) is 11.2. The standard InChI is InChI=1S/C12H7Cl6N3O2/c1-23-7-3-2-5(4-6(7)22)8-19-9(11(13,14)15)21-10(20-8)12(16,17)18/h2-4,22H,1H3. The number of benzene rings is 1. The number of halogens is 6. The van der Waals surface area contributed by atoms with E-state index in [-0.39, 0.29) is 29.0 Å². The molecule has 0 atom stereocenters. The van der Waals surface area contributed by atoms with E-state index >= 15 is 0 Å². The zero-order valence-corrected chi connectivity index (χ0v) is 15.7. The van der Waals surface area contributed by atoms with Crippen LogP contribution in [0.5, 0.6) is 11.5 Å².